The summed E-state index contributed by atoms with van der Waals surface area (Å²) in [7, 11) is 1.90. The molecule has 70 valence electrons. The van der Waals surface area contributed by atoms with E-state index in [1.807, 2.05) is 45.2 Å². The van der Waals surface area contributed by atoms with Crippen LogP contribution in [-0.4, -0.2) is 7.05 Å². The van der Waals surface area contributed by atoms with E-state index in [4.69, 9.17) is 5.26 Å². The topological polar surface area (TPSA) is 35.8 Å². The van der Waals surface area contributed by atoms with Crippen LogP contribution in [0.5, 0.6) is 0 Å². The van der Waals surface area contributed by atoms with Gasteiger partial charge in [-0.2, -0.15) is 5.26 Å². The fourth-order valence-electron chi connectivity index (χ4n) is 0.901. The van der Waals surface area contributed by atoms with Crippen molar-refractivity contribution >= 4 is 0 Å². The molecule has 0 aliphatic rings. The summed E-state index contributed by atoms with van der Waals surface area (Å²) in [6.07, 6.45) is 0. The lowest BCUT2D eigenvalue weighted by Gasteiger charge is -1.97. The van der Waals surface area contributed by atoms with Crippen molar-refractivity contribution in [3.8, 4) is 6.07 Å². The van der Waals surface area contributed by atoms with Crippen LogP contribution >= 0.6 is 0 Å². The second-order valence-corrected chi connectivity index (χ2v) is 2.34. The van der Waals surface area contributed by atoms with Crippen molar-refractivity contribution in [3.63, 3.8) is 0 Å². The Hall–Kier alpha value is -1.33. The van der Waals surface area contributed by atoms with E-state index < -0.39 is 0 Å². The molecular weight excluding hydrogens is 160 g/mol. The van der Waals surface area contributed by atoms with E-state index in [9.17, 15) is 0 Å². The number of nitrogens with zero attached hydrogens (tertiary/aromatic N) is 1. The maximum Gasteiger partial charge on any atom is 0.0991 e. The van der Waals surface area contributed by atoms with Gasteiger partial charge in [0.15, 0.2) is 0 Å². The van der Waals surface area contributed by atoms with Gasteiger partial charge in [-0.1, -0.05) is 26.0 Å². The van der Waals surface area contributed by atoms with E-state index in [1.54, 1.807) is 0 Å². The molecule has 0 aliphatic heterocycles. The predicted octanol–water partition coefficient (Wildman–Crippen LogP) is 2.30. The van der Waals surface area contributed by atoms with E-state index in [2.05, 4.69) is 11.4 Å². The molecule has 0 radical (unpaired) electrons. The van der Waals surface area contributed by atoms with Crippen molar-refractivity contribution in [2.24, 2.45) is 0 Å². The SMILES string of the molecule is CC.CNCc1ccc(C#N)cc1. The predicted molar refractivity (Wildman–Crippen MR) is 55.3 cm³/mol. The first-order valence-electron chi connectivity index (χ1n) is 4.50. The Bertz CT molecular complexity index is 256. The highest BCUT2D eigenvalue weighted by Gasteiger charge is 1.90. The van der Waals surface area contributed by atoms with Gasteiger partial charge in [0.25, 0.3) is 0 Å². The molecule has 0 unspecified atom stereocenters. The number of hydrogen-bond acceptors (Lipinski definition) is 2. The lowest BCUT2D eigenvalue weighted by Crippen LogP contribution is -2.04. The molecule has 0 aliphatic carbocycles. The Morgan fingerprint density at radius 3 is 2.15 bits per heavy atom. The molecule has 0 atom stereocenters. The Morgan fingerprint density at radius 1 is 1.23 bits per heavy atom. The van der Waals surface area contributed by atoms with Crippen LogP contribution < -0.4 is 5.32 Å². The number of hydrogen-bond donors (Lipinski definition) is 1. The van der Waals surface area contributed by atoms with Crippen LogP contribution in [0, 0.1) is 11.3 Å². The zero-order chi connectivity index (χ0) is 10.1. The van der Waals surface area contributed by atoms with Crippen LogP contribution in [0.2, 0.25) is 0 Å². The minimum atomic E-state index is 0.713. The molecule has 0 bridgehead atoms. The summed E-state index contributed by atoms with van der Waals surface area (Å²) >= 11 is 0. The van der Waals surface area contributed by atoms with Crippen molar-refractivity contribution in [1.82, 2.24) is 5.32 Å². The third-order valence-electron chi connectivity index (χ3n) is 1.46. The van der Waals surface area contributed by atoms with Gasteiger partial charge < -0.3 is 5.32 Å². The summed E-state index contributed by atoms with van der Waals surface area (Å²) < 4.78 is 0. The molecular formula is C11H16N2. The zero-order valence-electron chi connectivity index (χ0n) is 8.46. The van der Waals surface area contributed by atoms with E-state index >= 15 is 0 Å². The average molecular weight is 176 g/mol. The van der Waals surface area contributed by atoms with Crippen molar-refractivity contribution in [2.45, 2.75) is 20.4 Å². The molecule has 0 amide bonds. The summed E-state index contributed by atoms with van der Waals surface area (Å²) in [6.45, 7) is 4.85. The zero-order valence-corrected chi connectivity index (χ0v) is 8.46. The second-order valence-electron chi connectivity index (χ2n) is 2.34. The Kier molecular flexibility index (Phi) is 6.58. The van der Waals surface area contributed by atoms with Gasteiger partial charge in [-0.05, 0) is 24.7 Å². The first kappa shape index (κ1) is 11.7. The molecule has 13 heavy (non-hydrogen) atoms. The van der Waals surface area contributed by atoms with Crippen LogP contribution in [0.4, 0.5) is 0 Å². The third kappa shape index (κ3) is 4.29. The van der Waals surface area contributed by atoms with Gasteiger partial charge in [-0.3, -0.25) is 0 Å². The molecule has 1 N–H and O–H groups in total. The average Bonchev–Trinajstić information content (AvgIpc) is 2.23. The monoisotopic (exact) mass is 176 g/mol. The highest BCUT2D eigenvalue weighted by Crippen LogP contribution is 2.01. The van der Waals surface area contributed by atoms with Crippen LogP contribution in [0.25, 0.3) is 0 Å². The summed E-state index contributed by atoms with van der Waals surface area (Å²) in [6, 6.07) is 9.63. The largest absolute Gasteiger partial charge is 0.316 e. The molecule has 2 heteroatoms. The number of nitrogens with one attached hydrogen (secondary N) is 1. The van der Waals surface area contributed by atoms with Crippen LogP contribution in [0.15, 0.2) is 24.3 Å². The summed E-state index contributed by atoms with van der Waals surface area (Å²) in [5, 5.41) is 11.5. The van der Waals surface area contributed by atoms with Crippen molar-refractivity contribution in [1.29, 1.82) is 5.26 Å². The van der Waals surface area contributed by atoms with Crippen LogP contribution in [0.3, 0.4) is 0 Å². The molecule has 1 aromatic rings. The van der Waals surface area contributed by atoms with E-state index in [-0.39, 0.29) is 0 Å². The van der Waals surface area contributed by atoms with Crippen LogP contribution in [-0.2, 0) is 6.54 Å². The molecule has 0 saturated carbocycles. The molecule has 2 nitrogen and oxygen atoms in total. The van der Waals surface area contributed by atoms with Crippen molar-refractivity contribution in [2.75, 3.05) is 7.05 Å². The van der Waals surface area contributed by atoms with Crippen molar-refractivity contribution < 1.29 is 0 Å². The fraction of sp³-hybridized carbons (Fsp3) is 0.364. The normalized spacial score (nSPS) is 8.15. The molecule has 1 aromatic carbocycles. The molecule has 0 spiro atoms. The van der Waals surface area contributed by atoms with Gasteiger partial charge in [-0.25, -0.2) is 0 Å². The van der Waals surface area contributed by atoms with Gasteiger partial charge in [0.05, 0.1) is 11.6 Å². The maximum absolute atomic E-state index is 8.49. The maximum atomic E-state index is 8.49. The van der Waals surface area contributed by atoms with Gasteiger partial charge >= 0.3 is 0 Å². The standard InChI is InChI=1S/C9H10N2.C2H6/c1-11-7-9-4-2-8(6-10)3-5-9;1-2/h2-5,11H,7H2,1H3;1-2H3. The molecule has 0 fully saturated rings. The summed E-state index contributed by atoms with van der Waals surface area (Å²) in [5.41, 5.74) is 1.91. The molecule has 1 rings (SSSR count). The minimum Gasteiger partial charge on any atom is -0.316 e. The fourth-order valence-corrected chi connectivity index (χ4v) is 0.901. The highest BCUT2D eigenvalue weighted by atomic mass is 14.8. The highest BCUT2D eigenvalue weighted by molar-refractivity contribution is 5.31. The lowest BCUT2D eigenvalue weighted by molar-refractivity contribution is 0.818. The smallest absolute Gasteiger partial charge is 0.0991 e. The second kappa shape index (κ2) is 7.33. The Labute approximate surface area is 80.2 Å². The lowest BCUT2D eigenvalue weighted by atomic mass is 10.1. The molecule has 0 aromatic heterocycles. The molecule has 0 saturated heterocycles. The van der Waals surface area contributed by atoms with E-state index in [0.717, 1.165) is 6.54 Å². The Balaban J connectivity index is 0.000000671. The van der Waals surface area contributed by atoms with Crippen molar-refractivity contribution in [3.05, 3.63) is 35.4 Å². The van der Waals surface area contributed by atoms with Gasteiger partial charge in [0, 0.05) is 6.54 Å². The third-order valence-corrected chi connectivity index (χ3v) is 1.46. The first-order valence-corrected chi connectivity index (χ1v) is 4.50. The van der Waals surface area contributed by atoms with Gasteiger partial charge in [0.2, 0.25) is 0 Å². The van der Waals surface area contributed by atoms with Gasteiger partial charge in [0.1, 0.15) is 0 Å². The summed E-state index contributed by atoms with van der Waals surface area (Å²) in [4.78, 5) is 0. The van der Waals surface area contributed by atoms with E-state index in [1.165, 1.54) is 5.56 Å². The minimum absolute atomic E-state index is 0.713. The number of nitriles is 1. The van der Waals surface area contributed by atoms with E-state index in [0.29, 0.717) is 5.56 Å². The van der Waals surface area contributed by atoms with Crippen LogP contribution in [0.1, 0.15) is 25.0 Å². The van der Waals surface area contributed by atoms with Gasteiger partial charge in [-0.15, -0.1) is 0 Å². The first-order chi connectivity index (χ1) is 6.36. The Morgan fingerprint density at radius 2 is 1.77 bits per heavy atom. The molecule has 0 heterocycles. The number of rotatable bonds is 2. The summed E-state index contributed by atoms with van der Waals surface area (Å²) in [5.74, 6) is 0. The quantitative estimate of drug-likeness (QED) is 0.750. The number of benzene rings is 1.